The van der Waals surface area contributed by atoms with Crippen molar-refractivity contribution in [1.29, 1.82) is 5.41 Å². The van der Waals surface area contributed by atoms with E-state index < -0.39 is 0 Å². The molecule has 0 aliphatic carbocycles. The van der Waals surface area contributed by atoms with Gasteiger partial charge in [0.05, 0.1) is 0 Å². The maximum Gasteiger partial charge on any atom is 0.200 e. The van der Waals surface area contributed by atoms with Crippen LogP contribution in [-0.2, 0) is 6.54 Å². The Morgan fingerprint density at radius 1 is 1.40 bits per heavy atom. The van der Waals surface area contributed by atoms with E-state index in [1.165, 1.54) is 11.3 Å². The number of hydrogen-bond donors (Lipinski definition) is 1. The number of aromatic nitrogens is 2. The third-order valence-electron chi connectivity index (χ3n) is 2.03. The fraction of sp³-hybridized carbons (Fsp3) is 0.200. The van der Waals surface area contributed by atoms with Gasteiger partial charge >= 0.3 is 0 Å². The summed E-state index contributed by atoms with van der Waals surface area (Å²) in [6, 6.07) is 7.50. The van der Waals surface area contributed by atoms with E-state index in [0.29, 0.717) is 9.82 Å². The van der Waals surface area contributed by atoms with Crippen molar-refractivity contribution in [3.8, 4) is 10.6 Å². The number of hydrogen-bond acceptors (Lipinski definition) is 3. The highest BCUT2D eigenvalue weighted by molar-refractivity contribution is 7.12. The first-order valence-corrected chi connectivity index (χ1v) is 5.78. The number of benzene rings is 1. The van der Waals surface area contributed by atoms with Gasteiger partial charge in [0.25, 0.3) is 0 Å². The predicted octanol–water partition coefficient (Wildman–Crippen LogP) is 2.76. The molecule has 5 heteroatoms. The molecule has 0 atom stereocenters. The van der Waals surface area contributed by atoms with Gasteiger partial charge in [0.15, 0.2) is 0 Å². The minimum atomic E-state index is 0.474. The van der Waals surface area contributed by atoms with Crippen molar-refractivity contribution in [2.75, 3.05) is 0 Å². The van der Waals surface area contributed by atoms with Crippen LogP contribution in [-0.4, -0.2) is 9.78 Å². The van der Waals surface area contributed by atoms with E-state index in [0.717, 1.165) is 17.1 Å². The summed E-state index contributed by atoms with van der Waals surface area (Å²) >= 11 is 7.18. The summed E-state index contributed by atoms with van der Waals surface area (Å²) in [5.74, 6) is 0. The van der Waals surface area contributed by atoms with E-state index in [1.54, 1.807) is 4.68 Å². The van der Waals surface area contributed by atoms with Crippen LogP contribution in [0.3, 0.4) is 0 Å². The molecule has 15 heavy (non-hydrogen) atoms. The summed E-state index contributed by atoms with van der Waals surface area (Å²) in [4.78, 5) is 0.474. The van der Waals surface area contributed by atoms with Crippen molar-refractivity contribution >= 4 is 22.9 Å². The Labute approximate surface area is 96.5 Å². The SMILES string of the molecule is CCn1nc(-c2ccc(Cl)cc2)sc1=N. The zero-order chi connectivity index (χ0) is 10.8. The van der Waals surface area contributed by atoms with Gasteiger partial charge in [0.1, 0.15) is 5.01 Å². The minimum Gasteiger partial charge on any atom is -0.274 e. The fourth-order valence-corrected chi connectivity index (χ4v) is 2.22. The molecule has 3 nitrogen and oxygen atoms in total. The summed E-state index contributed by atoms with van der Waals surface area (Å²) in [5, 5.41) is 13.6. The molecule has 0 bridgehead atoms. The zero-order valence-corrected chi connectivity index (χ0v) is 9.77. The quantitative estimate of drug-likeness (QED) is 0.860. The summed E-state index contributed by atoms with van der Waals surface area (Å²) < 4.78 is 1.68. The van der Waals surface area contributed by atoms with Crippen LogP contribution in [0.1, 0.15) is 6.92 Å². The number of nitrogens with one attached hydrogen (secondary N) is 1. The van der Waals surface area contributed by atoms with Gasteiger partial charge in [0.2, 0.25) is 4.80 Å². The predicted molar refractivity (Wildman–Crippen MR) is 62.1 cm³/mol. The Morgan fingerprint density at radius 3 is 2.60 bits per heavy atom. The lowest BCUT2D eigenvalue weighted by molar-refractivity contribution is 0.627. The zero-order valence-electron chi connectivity index (χ0n) is 8.20. The van der Waals surface area contributed by atoms with Crippen LogP contribution >= 0.6 is 22.9 Å². The Hall–Kier alpha value is -1.13. The highest BCUT2D eigenvalue weighted by Crippen LogP contribution is 2.21. The summed E-state index contributed by atoms with van der Waals surface area (Å²) in [6.07, 6.45) is 0. The van der Waals surface area contributed by atoms with Gasteiger partial charge in [-0.25, -0.2) is 4.68 Å². The van der Waals surface area contributed by atoms with Crippen LogP contribution in [0.25, 0.3) is 10.6 Å². The number of nitrogens with zero attached hydrogens (tertiary/aromatic N) is 2. The molecule has 2 rings (SSSR count). The van der Waals surface area contributed by atoms with Crippen molar-refractivity contribution in [2.45, 2.75) is 13.5 Å². The van der Waals surface area contributed by atoms with Gasteiger partial charge in [-0.15, -0.1) is 0 Å². The van der Waals surface area contributed by atoms with E-state index in [9.17, 15) is 0 Å². The third kappa shape index (κ3) is 2.11. The molecule has 0 aliphatic heterocycles. The second-order valence-electron chi connectivity index (χ2n) is 3.04. The van der Waals surface area contributed by atoms with E-state index in [-0.39, 0.29) is 0 Å². The fourth-order valence-electron chi connectivity index (χ4n) is 1.24. The van der Waals surface area contributed by atoms with Crippen LogP contribution < -0.4 is 4.80 Å². The lowest BCUT2D eigenvalue weighted by atomic mass is 10.2. The first-order valence-electron chi connectivity index (χ1n) is 4.59. The van der Waals surface area contributed by atoms with Crippen LogP contribution in [0, 0.1) is 5.41 Å². The summed E-state index contributed by atoms with van der Waals surface area (Å²) in [7, 11) is 0. The maximum absolute atomic E-state index is 7.68. The van der Waals surface area contributed by atoms with Crippen molar-refractivity contribution < 1.29 is 0 Å². The molecule has 0 amide bonds. The summed E-state index contributed by atoms with van der Waals surface area (Å²) in [6.45, 7) is 2.70. The average molecular weight is 240 g/mol. The molecule has 2 aromatic rings. The topological polar surface area (TPSA) is 41.7 Å². The first-order chi connectivity index (χ1) is 7.20. The standard InChI is InChI=1S/C10H10ClN3S/c1-2-14-10(12)15-9(13-14)7-3-5-8(11)6-4-7/h3-6,12H,2H2,1H3. The van der Waals surface area contributed by atoms with E-state index in [1.807, 2.05) is 31.2 Å². The molecule has 0 saturated heterocycles. The Morgan fingerprint density at radius 2 is 2.07 bits per heavy atom. The highest BCUT2D eigenvalue weighted by atomic mass is 35.5. The molecule has 0 fully saturated rings. The van der Waals surface area contributed by atoms with E-state index >= 15 is 0 Å². The summed E-state index contributed by atoms with van der Waals surface area (Å²) in [5.41, 5.74) is 1.00. The molecule has 0 aliphatic rings. The Kier molecular flexibility index (Phi) is 2.88. The molecule has 0 unspecified atom stereocenters. The monoisotopic (exact) mass is 239 g/mol. The molecule has 0 spiro atoms. The van der Waals surface area contributed by atoms with Crippen molar-refractivity contribution in [1.82, 2.24) is 9.78 Å². The molecular formula is C10H10ClN3S. The molecule has 1 N–H and O–H groups in total. The number of aryl methyl sites for hydroxylation is 1. The van der Waals surface area contributed by atoms with E-state index in [2.05, 4.69) is 5.10 Å². The molecule has 1 aromatic carbocycles. The third-order valence-corrected chi connectivity index (χ3v) is 3.20. The highest BCUT2D eigenvalue weighted by Gasteiger charge is 2.04. The molecule has 0 saturated carbocycles. The lowest BCUT2D eigenvalue weighted by Crippen LogP contribution is -2.12. The van der Waals surface area contributed by atoms with Crippen LogP contribution in [0.5, 0.6) is 0 Å². The van der Waals surface area contributed by atoms with Gasteiger partial charge in [-0.2, -0.15) is 5.10 Å². The van der Waals surface area contributed by atoms with Gasteiger partial charge in [-0.3, -0.25) is 5.41 Å². The normalized spacial score (nSPS) is 10.5. The molecule has 78 valence electrons. The molecule has 1 aromatic heterocycles. The minimum absolute atomic E-state index is 0.474. The van der Waals surface area contributed by atoms with Gasteiger partial charge in [-0.1, -0.05) is 35.1 Å². The number of halogens is 1. The Bertz CT molecular complexity index is 512. The average Bonchev–Trinajstić information content (AvgIpc) is 2.61. The van der Waals surface area contributed by atoms with Crippen molar-refractivity contribution in [2.24, 2.45) is 0 Å². The van der Waals surface area contributed by atoms with Gasteiger partial charge in [-0.05, 0) is 19.1 Å². The smallest absolute Gasteiger partial charge is 0.200 e. The van der Waals surface area contributed by atoms with Crippen LogP contribution in [0.4, 0.5) is 0 Å². The van der Waals surface area contributed by atoms with Gasteiger partial charge < -0.3 is 0 Å². The molecule has 1 heterocycles. The van der Waals surface area contributed by atoms with Gasteiger partial charge in [0, 0.05) is 17.1 Å². The maximum atomic E-state index is 7.68. The first kappa shape index (κ1) is 10.4. The van der Waals surface area contributed by atoms with Crippen molar-refractivity contribution in [3.05, 3.63) is 34.1 Å². The van der Waals surface area contributed by atoms with Crippen molar-refractivity contribution in [3.63, 3.8) is 0 Å². The lowest BCUT2D eigenvalue weighted by Gasteiger charge is -1.95. The second-order valence-corrected chi connectivity index (χ2v) is 4.45. The molecular weight excluding hydrogens is 230 g/mol. The van der Waals surface area contributed by atoms with Crippen LogP contribution in [0.15, 0.2) is 24.3 Å². The number of rotatable bonds is 2. The van der Waals surface area contributed by atoms with Crippen LogP contribution in [0.2, 0.25) is 5.02 Å². The Balaban J connectivity index is 2.45. The van der Waals surface area contributed by atoms with E-state index in [4.69, 9.17) is 17.0 Å². The second kappa shape index (κ2) is 4.16. The largest absolute Gasteiger partial charge is 0.274 e. The molecule has 0 radical (unpaired) electrons.